The summed E-state index contributed by atoms with van der Waals surface area (Å²) in [6.45, 7) is 3.60. The number of rotatable bonds is 4. The first kappa shape index (κ1) is 9.84. The lowest BCUT2D eigenvalue weighted by molar-refractivity contribution is -0.143. The van der Waals surface area contributed by atoms with E-state index in [9.17, 15) is 0 Å². The minimum atomic E-state index is -1.01. The molecule has 0 spiro atoms. The number of nitrogens with two attached hydrogens (primary N) is 1. The van der Waals surface area contributed by atoms with Crippen molar-refractivity contribution >= 4 is 0 Å². The van der Waals surface area contributed by atoms with Gasteiger partial charge in [0.25, 0.3) is 0 Å². The van der Waals surface area contributed by atoms with E-state index in [0.717, 1.165) is 0 Å². The molecule has 0 aromatic rings. The molecular weight excluding hydrogens is 134 g/mol. The van der Waals surface area contributed by atoms with Crippen LogP contribution in [0.25, 0.3) is 0 Å². The second kappa shape index (κ2) is 4.62. The average Bonchev–Trinajstić information content (AvgIpc) is 1.82. The van der Waals surface area contributed by atoms with Crippen LogP contribution < -0.4 is 5.73 Å². The topological polar surface area (TPSA) is 75.7 Å². The fourth-order valence-electron chi connectivity index (χ4n) is 0.390. The van der Waals surface area contributed by atoms with Crippen molar-refractivity contribution in [1.29, 1.82) is 0 Å². The molecule has 0 saturated carbocycles. The maximum absolute atomic E-state index is 8.99. The number of hydrogen-bond acceptors (Lipinski definition) is 4. The monoisotopic (exact) mass is 149 g/mol. The first-order chi connectivity index (χ1) is 4.54. The molecule has 0 bridgehead atoms. The molecule has 4 N–H and O–H groups in total. The van der Waals surface area contributed by atoms with E-state index < -0.39 is 12.5 Å². The third-order valence-electron chi connectivity index (χ3n) is 1.01. The van der Waals surface area contributed by atoms with Gasteiger partial charge in [-0.05, 0) is 0 Å². The van der Waals surface area contributed by atoms with Crippen LogP contribution in [0.4, 0.5) is 0 Å². The maximum Gasteiger partial charge on any atom is 0.157 e. The third-order valence-corrected chi connectivity index (χ3v) is 1.01. The molecule has 0 rings (SSSR count). The van der Waals surface area contributed by atoms with Crippen LogP contribution in [0.2, 0.25) is 0 Å². The molecule has 10 heavy (non-hydrogen) atoms. The number of aliphatic hydroxyl groups excluding tert-OH is 2. The highest BCUT2D eigenvalue weighted by Crippen LogP contribution is 2.01. The highest BCUT2D eigenvalue weighted by Gasteiger charge is 2.09. The normalized spacial score (nSPS) is 17.4. The summed E-state index contributed by atoms with van der Waals surface area (Å²) >= 11 is 0. The third kappa shape index (κ3) is 4.69. The molecule has 0 amide bonds. The van der Waals surface area contributed by atoms with Crippen molar-refractivity contribution in [2.75, 3.05) is 6.61 Å². The Labute approximate surface area is 60.6 Å². The molecule has 0 aliphatic heterocycles. The Balaban J connectivity index is 3.30. The van der Waals surface area contributed by atoms with Crippen LogP contribution in [-0.4, -0.2) is 29.3 Å². The smallest absolute Gasteiger partial charge is 0.157 e. The summed E-state index contributed by atoms with van der Waals surface area (Å²) in [5, 5.41) is 17.5. The van der Waals surface area contributed by atoms with Crippen molar-refractivity contribution in [3.8, 4) is 0 Å². The van der Waals surface area contributed by atoms with Gasteiger partial charge in [0.15, 0.2) is 6.29 Å². The van der Waals surface area contributed by atoms with E-state index >= 15 is 0 Å². The van der Waals surface area contributed by atoms with Crippen molar-refractivity contribution in [3.63, 3.8) is 0 Å². The Morgan fingerprint density at radius 2 is 1.90 bits per heavy atom. The minimum Gasteiger partial charge on any atom is -0.376 e. The number of ether oxygens (including phenoxy) is 1. The van der Waals surface area contributed by atoms with Crippen LogP contribution >= 0.6 is 0 Å². The van der Waals surface area contributed by atoms with E-state index in [-0.39, 0.29) is 12.5 Å². The maximum atomic E-state index is 8.99. The SMILES string of the molecule is CC(C)C(O)OCC(N)O. The van der Waals surface area contributed by atoms with E-state index in [1.165, 1.54) is 0 Å². The van der Waals surface area contributed by atoms with E-state index in [1.54, 1.807) is 0 Å². The van der Waals surface area contributed by atoms with E-state index in [0.29, 0.717) is 0 Å². The summed E-state index contributed by atoms with van der Waals surface area (Å²) in [4.78, 5) is 0. The van der Waals surface area contributed by atoms with Crippen LogP contribution in [0.3, 0.4) is 0 Å². The Hall–Kier alpha value is -0.160. The molecular formula is C6H15NO3. The minimum absolute atomic E-state index is 0.0266. The van der Waals surface area contributed by atoms with Crippen LogP contribution in [0, 0.1) is 5.92 Å². The molecule has 0 aromatic carbocycles. The van der Waals surface area contributed by atoms with Crippen LogP contribution in [-0.2, 0) is 4.74 Å². The molecule has 0 aliphatic carbocycles. The van der Waals surface area contributed by atoms with Gasteiger partial charge in [0.2, 0.25) is 0 Å². The molecule has 0 radical (unpaired) electrons. The average molecular weight is 149 g/mol. The lowest BCUT2D eigenvalue weighted by atomic mass is 10.2. The Kier molecular flexibility index (Phi) is 4.55. The van der Waals surface area contributed by atoms with Crippen LogP contribution in [0.5, 0.6) is 0 Å². The van der Waals surface area contributed by atoms with E-state index in [4.69, 9.17) is 20.7 Å². The predicted octanol–water partition coefficient (Wildman–Crippen LogP) is -0.745. The molecule has 0 saturated heterocycles. The van der Waals surface area contributed by atoms with Crippen molar-refractivity contribution in [3.05, 3.63) is 0 Å². The van der Waals surface area contributed by atoms with Crippen LogP contribution in [0.1, 0.15) is 13.8 Å². The van der Waals surface area contributed by atoms with Gasteiger partial charge in [-0.3, -0.25) is 0 Å². The van der Waals surface area contributed by atoms with E-state index in [1.807, 2.05) is 13.8 Å². The zero-order valence-corrected chi connectivity index (χ0v) is 6.32. The standard InChI is InChI=1S/C6H15NO3/c1-4(2)6(9)10-3-5(7)8/h4-6,8-9H,3,7H2,1-2H3. The fraction of sp³-hybridized carbons (Fsp3) is 1.00. The van der Waals surface area contributed by atoms with Gasteiger partial charge in [0.1, 0.15) is 6.23 Å². The molecule has 62 valence electrons. The van der Waals surface area contributed by atoms with Gasteiger partial charge in [0.05, 0.1) is 6.61 Å². The van der Waals surface area contributed by atoms with Crippen molar-refractivity contribution in [1.82, 2.24) is 0 Å². The van der Waals surface area contributed by atoms with Crippen molar-refractivity contribution < 1.29 is 14.9 Å². The molecule has 4 heteroatoms. The molecule has 2 atom stereocenters. The first-order valence-electron chi connectivity index (χ1n) is 3.27. The number of hydrogen-bond donors (Lipinski definition) is 3. The lowest BCUT2D eigenvalue weighted by Crippen LogP contribution is -2.30. The summed E-state index contributed by atoms with van der Waals surface area (Å²) in [5.41, 5.74) is 4.96. The van der Waals surface area contributed by atoms with E-state index in [2.05, 4.69) is 0 Å². The summed E-state index contributed by atoms with van der Waals surface area (Å²) in [6.07, 6.45) is -1.84. The van der Waals surface area contributed by atoms with Gasteiger partial charge >= 0.3 is 0 Å². The second-order valence-corrected chi connectivity index (χ2v) is 2.54. The fourth-order valence-corrected chi connectivity index (χ4v) is 0.390. The van der Waals surface area contributed by atoms with Gasteiger partial charge < -0.3 is 20.7 Å². The van der Waals surface area contributed by atoms with Crippen LogP contribution in [0.15, 0.2) is 0 Å². The first-order valence-corrected chi connectivity index (χ1v) is 3.27. The van der Waals surface area contributed by atoms with Gasteiger partial charge in [0, 0.05) is 5.92 Å². The lowest BCUT2D eigenvalue weighted by Gasteiger charge is -2.15. The highest BCUT2D eigenvalue weighted by molar-refractivity contribution is 4.48. The van der Waals surface area contributed by atoms with Crippen molar-refractivity contribution in [2.45, 2.75) is 26.4 Å². The molecule has 0 aromatic heterocycles. The Bertz CT molecular complexity index is 85.1. The summed E-state index contributed by atoms with van der Waals surface area (Å²) in [6, 6.07) is 0. The van der Waals surface area contributed by atoms with Crippen molar-refractivity contribution in [2.24, 2.45) is 11.7 Å². The predicted molar refractivity (Wildman–Crippen MR) is 37.0 cm³/mol. The summed E-state index contributed by atoms with van der Waals surface area (Å²) in [5.74, 6) is 0.0266. The van der Waals surface area contributed by atoms with Gasteiger partial charge in [-0.15, -0.1) is 0 Å². The molecule has 0 fully saturated rings. The summed E-state index contributed by atoms with van der Waals surface area (Å²) < 4.78 is 4.75. The zero-order valence-electron chi connectivity index (χ0n) is 6.32. The molecule has 0 heterocycles. The molecule has 4 nitrogen and oxygen atoms in total. The quantitative estimate of drug-likeness (QED) is 0.460. The van der Waals surface area contributed by atoms with Gasteiger partial charge in [-0.25, -0.2) is 0 Å². The molecule has 2 unspecified atom stereocenters. The van der Waals surface area contributed by atoms with Gasteiger partial charge in [-0.2, -0.15) is 0 Å². The number of aliphatic hydroxyl groups is 2. The van der Waals surface area contributed by atoms with Gasteiger partial charge in [-0.1, -0.05) is 13.8 Å². The highest BCUT2D eigenvalue weighted by atomic mass is 16.6. The largest absolute Gasteiger partial charge is 0.376 e. The zero-order chi connectivity index (χ0) is 8.15. The summed E-state index contributed by atoms with van der Waals surface area (Å²) in [7, 11) is 0. The molecule has 0 aliphatic rings. The Morgan fingerprint density at radius 1 is 1.40 bits per heavy atom. The second-order valence-electron chi connectivity index (χ2n) is 2.54. The Morgan fingerprint density at radius 3 is 2.20 bits per heavy atom.